The van der Waals surface area contributed by atoms with Crippen molar-refractivity contribution in [2.75, 3.05) is 14.2 Å². The third kappa shape index (κ3) is 3.16. The van der Waals surface area contributed by atoms with Gasteiger partial charge in [0.2, 0.25) is 0 Å². The van der Waals surface area contributed by atoms with Crippen LogP contribution in [0.4, 0.5) is 0 Å². The Balaban J connectivity index is 2.59. The quantitative estimate of drug-likeness (QED) is 0.516. The van der Waals surface area contributed by atoms with E-state index in [-0.39, 0.29) is 11.7 Å². The summed E-state index contributed by atoms with van der Waals surface area (Å²) in [4.78, 5) is 11.7. The summed E-state index contributed by atoms with van der Waals surface area (Å²) in [7, 11) is 3.24. The number of hydrogen-bond acceptors (Lipinski definition) is 3. The average Bonchev–Trinajstić information content (AvgIpc) is 2.32. The fraction of sp³-hybridized carbons (Fsp3) is 0.769. The van der Waals surface area contributed by atoms with Crippen LogP contribution in [0.25, 0.3) is 0 Å². The van der Waals surface area contributed by atoms with Crippen LogP contribution in [-0.2, 0) is 14.3 Å². The highest BCUT2D eigenvalue weighted by Gasteiger charge is 2.36. The monoisotopic (exact) mass is 226 g/mol. The first-order valence-corrected chi connectivity index (χ1v) is 6.01. The zero-order valence-electron chi connectivity index (χ0n) is 10.5. The van der Waals surface area contributed by atoms with E-state index in [2.05, 4.69) is 6.92 Å². The molecule has 16 heavy (non-hydrogen) atoms. The number of rotatable bonds is 6. The summed E-state index contributed by atoms with van der Waals surface area (Å²) in [6.07, 6.45) is 8.37. The number of hydrogen-bond donors (Lipinski definition) is 0. The molecule has 1 rings (SSSR count). The first-order valence-electron chi connectivity index (χ1n) is 6.01. The minimum absolute atomic E-state index is 0.0523. The summed E-state index contributed by atoms with van der Waals surface area (Å²) >= 11 is 0. The van der Waals surface area contributed by atoms with Gasteiger partial charge in [0.25, 0.3) is 0 Å². The molecule has 0 saturated heterocycles. The molecule has 3 heteroatoms. The largest absolute Gasteiger partial charge is 0.350 e. The highest BCUT2D eigenvalue weighted by atomic mass is 16.7. The van der Waals surface area contributed by atoms with Gasteiger partial charge in [-0.25, -0.2) is 0 Å². The Morgan fingerprint density at radius 1 is 1.38 bits per heavy atom. The highest BCUT2D eigenvalue weighted by molar-refractivity contribution is 5.92. The van der Waals surface area contributed by atoms with E-state index in [4.69, 9.17) is 9.47 Å². The Kier molecular flexibility index (Phi) is 5.16. The Morgan fingerprint density at radius 2 is 2.06 bits per heavy atom. The zero-order chi connectivity index (χ0) is 12.0. The van der Waals surface area contributed by atoms with Crippen LogP contribution < -0.4 is 0 Å². The van der Waals surface area contributed by atoms with Crippen molar-refractivity contribution >= 4 is 5.78 Å². The van der Waals surface area contributed by atoms with Gasteiger partial charge in [-0.1, -0.05) is 26.2 Å². The summed E-state index contributed by atoms with van der Waals surface area (Å²) in [6.45, 7) is 2.16. The first-order chi connectivity index (χ1) is 7.67. The third-order valence-corrected chi connectivity index (χ3v) is 3.28. The third-order valence-electron chi connectivity index (χ3n) is 3.28. The predicted octanol–water partition coefficient (Wildman–Crippen LogP) is 2.70. The summed E-state index contributed by atoms with van der Waals surface area (Å²) < 4.78 is 10.7. The van der Waals surface area contributed by atoms with Gasteiger partial charge in [0.05, 0.1) is 0 Å². The molecule has 0 amide bonds. The molecular formula is C13H22O3. The molecule has 0 radical (unpaired) electrons. The molecule has 1 atom stereocenters. The minimum atomic E-state index is -0.690. The Hall–Kier alpha value is -0.670. The second-order valence-corrected chi connectivity index (χ2v) is 4.35. The molecule has 0 heterocycles. The SMILES string of the molecule is CCCCCC1CC(OC)(OC)C=CC1=O. The Labute approximate surface area is 97.8 Å². The van der Waals surface area contributed by atoms with Crippen LogP contribution in [0.1, 0.15) is 39.0 Å². The fourth-order valence-electron chi connectivity index (χ4n) is 2.13. The number of methoxy groups -OCH3 is 2. The number of carbonyl (C=O) groups excluding carboxylic acids is 1. The normalized spacial score (nSPS) is 23.7. The van der Waals surface area contributed by atoms with Gasteiger partial charge in [0.15, 0.2) is 11.6 Å². The summed E-state index contributed by atoms with van der Waals surface area (Å²) in [5.74, 6) is -0.428. The van der Waals surface area contributed by atoms with E-state index in [0.29, 0.717) is 6.42 Å². The average molecular weight is 226 g/mol. The van der Waals surface area contributed by atoms with Gasteiger partial charge in [-0.2, -0.15) is 0 Å². The molecule has 92 valence electrons. The minimum Gasteiger partial charge on any atom is -0.350 e. The van der Waals surface area contributed by atoms with Gasteiger partial charge >= 0.3 is 0 Å². The standard InChI is InChI=1S/C13H22O3/c1-4-5-6-7-11-10-13(15-2,16-3)9-8-12(11)14/h8-9,11H,4-7,10H2,1-3H3. The van der Waals surface area contributed by atoms with Gasteiger partial charge in [-0.05, 0) is 18.6 Å². The lowest BCUT2D eigenvalue weighted by atomic mass is 9.85. The topological polar surface area (TPSA) is 35.5 Å². The van der Waals surface area contributed by atoms with Crippen molar-refractivity contribution < 1.29 is 14.3 Å². The van der Waals surface area contributed by atoms with Gasteiger partial charge in [0.1, 0.15) is 0 Å². The van der Waals surface area contributed by atoms with Crippen LogP contribution in [0.2, 0.25) is 0 Å². The molecule has 0 bridgehead atoms. The molecule has 3 nitrogen and oxygen atoms in total. The molecule has 1 aliphatic rings. The molecule has 0 aliphatic heterocycles. The highest BCUT2D eigenvalue weighted by Crippen LogP contribution is 2.31. The molecular weight excluding hydrogens is 204 g/mol. The molecule has 0 saturated carbocycles. The van der Waals surface area contributed by atoms with Crippen molar-refractivity contribution in [2.45, 2.75) is 44.8 Å². The van der Waals surface area contributed by atoms with Crippen LogP contribution in [0, 0.1) is 5.92 Å². The van der Waals surface area contributed by atoms with Crippen molar-refractivity contribution in [1.82, 2.24) is 0 Å². The maximum Gasteiger partial charge on any atom is 0.188 e. The molecule has 1 unspecified atom stereocenters. The lowest BCUT2D eigenvalue weighted by molar-refractivity contribution is -0.185. The first kappa shape index (κ1) is 13.4. The van der Waals surface area contributed by atoms with E-state index >= 15 is 0 Å². The number of ether oxygens (including phenoxy) is 2. The lowest BCUT2D eigenvalue weighted by Gasteiger charge is -2.33. The van der Waals surface area contributed by atoms with Crippen molar-refractivity contribution in [2.24, 2.45) is 5.92 Å². The second kappa shape index (κ2) is 6.16. The maximum absolute atomic E-state index is 11.7. The van der Waals surface area contributed by atoms with E-state index in [1.165, 1.54) is 12.8 Å². The van der Waals surface area contributed by atoms with Crippen molar-refractivity contribution in [1.29, 1.82) is 0 Å². The second-order valence-electron chi connectivity index (χ2n) is 4.35. The Bertz CT molecular complexity index is 254. The molecule has 0 spiro atoms. The van der Waals surface area contributed by atoms with Crippen molar-refractivity contribution in [3.05, 3.63) is 12.2 Å². The zero-order valence-corrected chi connectivity index (χ0v) is 10.5. The fourth-order valence-corrected chi connectivity index (χ4v) is 2.13. The summed E-state index contributed by atoms with van der Waals surface area (Å²) in [5.41, 5.74) is 0. The number of carbonyl (C=O) groups is 1. The number of ketones is 1. The molecule has 0 aromatic heterocycles. The van der Waals surface area contributed by atoms with Crippen LogP contribution in [0.15, 0.2) is 12.2 Å². The molecule has 0 aromatic rings. The van der Waals surface area contributed by atoms with E-state index in [1.807, 2.05) is 0 Å². The van der Waals surface area contributed by atoms with E-state index in [9.17, 15) is 4.79 Å². The van der Waals surface area contributed by atoms with Gasteiger partial charge < -0.3 is 9.47 Å². The maximum atomic E-state index is 11.7. The lowest BCUT2D eigenvalue weighted by Crippen LogP contribution is -2.39. The van der Waals surface area contributed by atoms with Crippen molar-refractivity contribution in [3.63, 3.8) is 0 Å². The summed E-state index contributed by atoms with van der Waals surface area (Å²) in [6, 6.07) is 0. The van der Waals surface area contributed by atoms with Gasteiger partial charge in [-0.15, -0.1) is 0 Å². The van der Waals surface area contributed by atoms with E-state index in [1.54, 1.807) is 26.4 Å². The van der Waals surface area contributed by atoms with Crippen LogP contribution >= 0.6 is 0 Å². The van der Waals surface area contributed by atoms with Crippen LogP contribution in [0.3, 0.4) is 0 Å². The summed E-state index contributed by atoms with van der Waals surface area (Å²) in [5, 5.41) is 0. The van der Waals surface area contributed by atoms with E-state index in [0.717, 1.165) is 12.8 Å². The Morgan fingerprint density at radius 3 is 2.62 bits per heavy atom. The smallest absolute Gasteiger partial charge is 0.188 e. The van der Waals surface area contributed by atoms with E-state index < -0.39 is 5.79 Å². The van der Waals surface area contributed by atoms with Crippen LogP contribution in [-0.4, -0.2) is 25.8 Å². The number of allylic oxidation sites excluding steroid dienone is 1. The van der Waals surface area contributed by atoms with Gasteiger partial charge in [0, 0.05) is 26.6 Å². The number of unbranched alkanes of at least 4 members (excludes halogenated alkanes) is 2. The molecule has 0 aromatic carbocycles. The van der Waals surface area contributed by atoms with Crippen LogP contribution in [0.5, 0.6) is 0 Å². The van der Waals surface area contributed by atoms with Gasteiger partial charge in [-0.3, -0.25) is 4.79 Å². The molecule has 0 fully saturated rings. The predicted molar refractivity (Wildman–Crippen MR) is 63.1 cm³/mol. The molecule has 0 N–H and O–H groups in total. The van der Waals surface area contributed by atoms with Crippen molar-refractivity contribution in [3.8, 4) is 0 Å². The molecule has 1 aliphatic carbocycles.